The third-order valence-electron chi connectivity index (χ3n) is 16.4. The Bertz CT molecular complexity index is 2070. The summed E-state index contributed by atoms with van der Waals surface area (Å²) >= 11 is 0. The molecule has 4 heterocycles. The normalized spacial score (nSPS) is 39.5. The molecule has 0 aliphatic carbocycles. The number of nitrogens with one attached hydrogen (secondary N) is 1. The molecule has 0 saturated carbocycles. The zero-order valence-electron chi connectivity index (χ0n) is 45.4. The number of cyclic esters (lactones) is 1. The Labute approximate surface area is 432 Å². The Morgan fingerprint density at radius 2 is 1.64 bits per heavy atom. The smallest absolute Gasteiger partial charge is 0.309 e. The molecule has 0 bridgehead atoms. The number of halogens is 1. The van der Waals surface area contributed by atoms with E-state index in [4.69, 9.17) is 29.4 Å². The number of anilines is 1. The van der Waals surface area contributed by atoms with E-state index in [1.165, 1.54) is 14.0 Å². The molecule has 3 aliphatic rings. The van der Waals surface area contributed by atoms with Crippen molar-refractivity contribution in [2.45, 2.75) is 197 Å². The fraction of sp³-hybridized carbons (Fsp3) is 0.759. The molecule has 414 valence electrons. The predicted molar refractivity (Wildman–Crippen MR) is 273 cm³/mol. The Morgan fingerprint density at radius 3 is 2.23 bits per heavy atom. The summed E-state index contributed by atoms with van der Waals surface area (Å²) in [5.41, 5.74) is 3.15. The SMILES string of the molecule is CC[C@H]1OC(=O)[C@H](C)C([C@H]2C[C@@](C)(OC)[C@@H](O)[C@H](C)O2)[C@H](C)[C@@H](O[C@@H]2O[C@H](C)C[C@H](N(C)CCC(=O)N[C@H](CF)[C@H](O)c3ccc(-c4ccc(N)nc4)cc3)[C@H]2O)[C@](C)(O)C[C@@H](C)CN(C)[C@H](C)[C@@H](O)[C@]1(C)O. The van der Waals surface area contributed by atoms with Crippen LogP contribution in [0.15, 0.2) is 42.6 Å². The van der Waals surface area contributed by atoms with Gasteiger partial charge in [-0.3, -0.25) is 9.59 Å². The number of rotatable bonds is 14. The maximum Gasteiger partial charge on any atom is 0.309 e. The minimum Gasteiger partial charge on any atom is -0.459 e. The summed E-state index contributed by atoms with van der Waals surface area (Å²) < 4.78 is 46.4. The molecule has 1 amide bonds. The van der Waals surface area contributed by atoms with Crippen LogP contribution in [-0.2, 0) is 33.3 Å². The molecule has 0 spiro atoms. The van der Waals surface area contributed by atoms with E-state index in [9.17, 15) is 44.6 Å². The third kappa shape index (κ3) is 14.1. The lowest BCUT2D eigenvalue weighted by atomic mass is 9.68. The quantitative estimate of drug-likeness (QED) is 0.125. The van der Waals surface area contributed by atoms with Crippen LogP contribution < -0.4 is 11.1 Å². The summed E-state index contributed by atoms with van der Waals surface area (Å²) in [6, 6.07) is 7.93. The van der Waals surface area contributed by atoms with E-state index in [-0.39, 0.29) is 38.1 Å². The fourth-order valence-electron chi connectivity index (χ4n) is 11.8. The van der Waals surface area contributed by atoms with Gasteiger partial charge in [-0.05, 0) is 110 Å². The number of hydrogen-bond acceptors (Lipinski definition) is 17. The number of pyridine rings is 1. The summed E-state index contributed by atoms with van der Waals surface area (Å²) in [7, 11) is 5.07. The highest BCUT2D eigenvalue weighted by molar-refractivity contribution is 5.76. The highest BCUT2D eigenvalue weighted by atomic mass is 19.1. The number of aliphatic hydroxyl groups excluding tert-OH is 4. The number of aliphatic hydroxyl groups is 6. The van der Waals surface area contributed by atoms with Crippen molar-refractivity contribution in [3.05, 3.63) is 48.2 Å². The molecule has 3 fully saturated rings. The van der Waals surface area contributed by atoms with E-state index in [2.05, 4.69) is 10.3 Å². The molecule has 2 aromatic rings. The second-order valence-electron chi connectivity index (χ2n) is 22.4. The molecule has 1 unspecified atom stereocenters. The minimum absolute atomic E-state index is 0.0952. The van der Waals surface area contributed by atoms with Crippen LogP contribution in [0.3, 0.4) is 0 Å². The number of nitrogens with two attached hydrogens (primary N) is 1. The van der Waals surface area contributed by atoms with Gasteiger partial charge in [-0.1, -0.05) is 52.0 Å². The molecular weight excluding hydrogens is 946 g/mol. The van der Waals surface area contributed by atoms with Gasteiger partial charge in [-0.2, -0.15) is 0 Å². The second kappa shape index (κ2) is 25.1. The van der Waals surface area contributed by atoms with Crippen molar-refractivity contribution in [1.82, 2.24) is 20.1 Å². The maximum atomic E-state index is 14.6. The Kier molecular flexibility index (Phi) is 20.8. The Morgan fingerprint density at radius 1 is 1.00 bits per heavy atom. The Hall–Kier alpha value is -3.44. The summed E-state index contributed by atoms with van der Waals surface area (Å²) in [5, 5.41) is 73.8. The molecule has 73 heavy (non-hydrogen) atoms. The standard InChI is InChI=1S/C54H88FN5O13/c1-14-41-54(10,68)47(64)33(6)60(12)28-29(2)24-52(8,67)49(31(4)44(32(5)50(66)72-41)40-25-53(9,69-13)48(65)34(7)71-40)73-51-46(63)39(23-30(3)70-51)59(11)22-21-43(61)58-38(26-55)45(62)36-17-15-35(16-18-36)37-19-20-42(56)57-27-37/h15-20,27,29-34,38-41,44-49,51,62-65,67-68H,14,21-26,28H2,1-13H3,(H2,56,57)(H,58,61)/t29-,30-,31+,32-,33-,34+,38-,39+,40-,41-,44?,45-,46-,47-,48+,49-,51+,52-,53-,54-/m1/s1. The van der Waals surface area contributed by atoms with Gasteiger partial charge in [0.15, 0.2) is 6.29 Å². The van der Waals surface area contributed by atoms with E-state index < -0.39 is 132 Å². The first-order valence-corrected chi connectivity index (χ1v) is 26.1. The minimum atomic E-state index is -1.85. The molecular formula is C54H88FN5O13. The molecule has 1 aromatic heterocycles. The topological polar surface area (TPSA) is 259 Å². The number of alkyl halides is 1. The number of nitrogen functional groups attached to an aromatic ring is 1. The van der Waals surface area contributed by atoms with E-state index >= 15 is 0 Å². The van der Waals surface area contributed by atoms with Gasteiger partial charge in [0, 0.05) is 62.8 Å². The number of esters is 1. The number of carbonyl (C=O) groups excluding carboxylic acids is 2. The number of methoxy groups -OCH3 is 1. The number of nitrogens with zero attached hydrogens (tertiary/aromatic N) is 3. The highest BCUT2D eigenvalue weighted by Crippen LogP contribution is 2.45. The second-order valence-corrected chi connectivity index (χ2v) is 22.4. The van der Waals surface area contributed by atoms with Crippen LogP contribution in [0.4, 0.5) is 10.2 Å². The van der Waals surface area contributed by atoms with Gasteiger partial charge in [-0.15, -0.1) is 0 Å². The summed E-state index contributed by atoms with van der Waals surface area (Å²) in [5.74, 6) is -3.55. The van der Waals surface area contributed by atoms with Crippen molar-refractivity contribution in [2.75, 3.05) is 46.7 Å². The summed E-state index contributed by atoms with van der Waals surface area (Å²) in [6.45, 7) is 17.0. The van der Waals surface area contributed by atoms with Gasteiger partial charge in [0.25, 0.3) is 0 Å². The van der Waals surface area contributed by atoms with Crippen LogP contribution in [0.5, 0.6) is 0 Å². The van der Waals surface area contributed by atoms with E-state index in [1.807, 2.05) is 43.7 Å². The first-order chi connectivity index (χ1) is 34.1. The fourth-order valence-corrected chi connectivity index (χ4v) is 11.8. The average molecular weight is 1030 g/mol. The van der Waals surface area contributed by atoms with Crippen LogP contribution in [0, 0.1) is 23.7 Å². The number of hydrogen-bond donors (Lipinski definition) is 8. The molecule has 19 heteroatoms. The van der Waals surface area contributed by atoms with Crippen molar-refractivity contribution in [3.8, 4) is 11.1 Å². The van der Waals surface area contributed by atoms with Gasteiger partial charge in [0.2, 0.25) is 5.91 Å². The van der Waals surface area contributed by atoms with E-state index in [1.54, 1.807) is 85.1 Å². The molecule has 3 aliphatic heterocycles. The van der Waals surface area contributed by atoms with E-state index in [0.717, 1.165) is 11.1 Å². The molecule has 5 rings (SSSR count). The van der Waals surface area contributed by atoms with Crippen LogP contribution >= 0.6 is 0 Å². The van der Waals surface area contributed by atoms with Gasteiger partial charge in [0.1, 0.15) is 48.6 Å². The molecule has 18 nitrogen and oxygen atoms in total. The zero-order valence-corrected chi connectivity index (χ0v) is 45.4. The van der Waals surface area contributed by atoms with Gasteiger partial charge >= 0.3 is 5.97 Å². The van der Waals surface area contributed by atoms with Crippen molar-refractivity contribution in [2.24, 2.45) is 23.7 Å². The summed E-state index contributed by atoms with van der Waals surface area (Å²) in [4.78, 5) is 35.8. The predicted octanol–water partition coefficient (Wildman–Crippen LogP) is 3.77. The van der Waals surface area contributed by atoms with Crippen molar-refractivity contribution in [1.29, 1.82) is 0 Å². The first-order valence-electron chi connectivity index (χ1n) is 26.1. The number of carbonyl (C=O) groups is 2. The Balaban J connectivity index is 1.41. The lowest BCUT2D eigenvalue weighted by Crippen LogP contribution is -2.62. The van der Waals surface area contributed by atoms with Crippen molar-refractivity contribution >= 4 is 17.7 Å². The number of amides is 1. The van der Waals surface area contributed by atoms with Crippen LogP contribution in [0.2, 0.25) is 0 Å². The monoisotopic (exact) mass is 1030 g/mol. The molecule has 0 radical (unpaired) electrons. The third-order valence-corrected chi connectivity index (χ3v) is 16.4. The average Bonchev–Trinajstić information content (AvgIpc) is 3.34. The van der Waals surface area contributed by atoms with Crippen molar-refractivity contribution < 1.29 is 68.3 Å². The molecule has 3 saturated heterocycles. The number of ether oxygens (including phenoxy) is 5. The van der Waals surface area contributed by atoms with Gasteiger partial charge in [-0.25, -0.2) is 9.37 Å². The number of aromatic nitrogens is 1. The van der Waals surface area contributed by atoms with Crippen LogP contribution in [0.25, 0.3) is 11.1 Å². The lowest BCUT2D eigenvalue weighted by molar-refractivity contribution is -0.302. The van der Waals surface area contributed by atoms with Crippen LogP contribution in [-0.4, -0.2) is 188 Å². The molecule has 20 atom stereocenters. The number of benzene rings is 1. The zero-order chi connectivity index (χ0) is 54.5. The van der Waals surface area contributed by atoms with Gasteiger partial charge < -0.3 is 75.2 Å². The van der Waals surface area contributed by atoms with Crippen LogP contribution in [0.1, 0.15) is 113 Å². The molecule has 1 aromatic carbocycles. The van der Waals surface area contributed by atoms with Gasteiger partial charge in [0.05, 0.1) is 47.6 Å². The summed E-state index contributed by atoms with van der Waals surface area (Å²) in [6.07, 6.45) is -8.17. The largest absolute Gasteiger partial charge is 0.459 e. The van der Waals surface area contributed by atoms with E-state index in [0.29, 0.717) is 24.3 Å². The first kappa shape index (κ1) is 60.4. The highest BCUT2D eigenvalue weighted by Gasteiger charge is 2.55. The lowest BCUT2D eigenvalue weighted by Gasteiger charge is -2.51. The maximum absolute atomic E-state index is 14.6. The number of likely N-dealkylation sites (N-methyl/N-ethyl adjacent to an activating group) is 2. The molecule has 9 N–H and O–H groups in total. The van der Waals surface area contributed by atoms with Crippen molar-refractivity contribution in [3.63, 3.8) is 0 Å².